The van der Waals surface area contributed by atoms with Gasteiger partial charge in [-0.15, -0.1) is 0 Å². The van der Waals surface area contributed by atoms with Gasteiger partial charge in [0.05, 0.1) is 14.2 Å². The fourth-order valence-corrected chi connectivity index (χ4v) is 1.48. The highest BCUT2D eigenvalue weighted by Crippen LogP contribution is 2.23. The molecule has 0 aliphatic carbocycles. The highest BCUT2D eigenvalue weighted by Gasteiger charge is 2.03. The van der Waals surface area contributed by atoms with Crippen molar-refractivity contribution in [3.8, 4) is 11.5 Å². The summed E-state index contributed by atoms with van der Waals surface area (Å²) in [6.07, 6.45) is 0. The standard InChI is InChI=1S/C11H17NO2S/c1-13-10-3-4-11(14-2)9(7-10)8-12-5-6-15/h3-4,7,12,15H,5-6,8H2,1-2H3. The molecule has 0 radical (unpaired) electrons. The zero-order valence-corrected chi connectivity index (χ0v) is 10.0. The summed E-state index contributed by atoms with van der Waals surface area (Å²) in [5.41, 5.74) is 1.10. The zero-order chi connectivity index (χ0) is 11.1. The van der Waals surface area contributed by atoms with Gasteiger partial charge in [0.2, 0.25) is 0 Å². The topological polar surface area (TPSA) is 30.5 Å². The predicted molar refractivity (Wildman–Crippen MR) is 65.1 cm³/mol. The lowest BCUT2D eigenvalue weighted by atomic mass is 10.2. The molecule has 0 aromatic heterocycles. The normalized spacial score (nSPS) is 10.1. The van der Waals surface area contributed by atoms with E-state index in [1.54, 1.807) is 14.2 Å². The Kier molecular flexibility index (Phi) is 5.36. The molecular formula is C11H17NO2S. The molecule has 3 nitrogen and oxygen atoms in total. The van der Waals surface area contributed by atoms with Crippen LogP contribution in [0.25, 0.3) is 0 Å². The fourth-order valence-electron chi connectivity index (χ4n) is 1.32. The third-order valence-electron chi connectivity index (χ3n) is 2.09. The average molecular weight is 227 g/mol. The molecule has 1 rings (SSSR count). The lowest BCUT2D eigenvalue weighted by molar-refractivity contribution is 0.397. The van der Waals surface area contributed by atoms with Gasteiger partial charge in [0.15, 0.2) is 0 Å². The predicted octanol–water partition coefficient (Wildman–Crippen LogP) is 1.72. The van der Waals surface area contributed by atoms with Crippen LogP contribution in [-0.4, -0.2) is 26.5 Å². The van der Waals surface area contributed by atoms with Gasteiger partial charge < -0.3 is 14.8 Å². The van der Waals surface area contributed by atoms with E-state index < -0.39 is 0 Å². The second kappa shape index (κ2) is 6.58. The smallest absolute Gasteiger partial charge is 0.123 e. The Morgan fingerprint density at radius 2 is 2.07 bits per heavy atom. The number of nitrogens with one attached hydrogen (secondary N) is 1. The van der Waals surface area contributed by atoms with Gasteiger partial charge in [-0.1, -0.05) is 0 Å². The van der Waals surface area contributed by atoms with Crippen LogP contribution >= 0.6 is 12.6 Å². The molecule has 0 saturated heterocycles. The van der Waals surface area contributed by atoms with Crippen LogP contribution in [0.1, 0.15) is 5.56 Å². The third kappa shape index (κ3) is 3.64. The van der Waals surface area contributed by atoms with Crippen molar-refractivity contribution < 1.29 is 9.47 Å². The van der Waals surface area contributed by atoms with Gasteiger partial charge in [-0.25, -0.2) is 0 Å². The van der Waals surface area contributed by atoms with E-state index in [9.17, 15) is 0 Å². The van der Waals surface area contributed by atoms with Crippen molar-refractivity contribution in [2.24, 2.45) is 0 Å². The Bertz CT molecular complexity index is 305. The summed E-state index contributed by atoms with van der Waals surface area (Å²) in [5, 5.41) is 3.27. The molecule has 0 fully saturated rings. The number of hydrogen-bond donors (Lipinski definition) is 2. The SMILES string of the molecule is COc1ccc(OC)c(CNCCS)c1. The number of methoxy groups -OCH3 is 2. The zero-order valence-electron chi connectivity index (χ0n) is 9.12. The summed E-state index contributed by atoms with van der Waals surface area (Å²) in [6.45, 7) is 1.64. The number of ether oxygens (including phenoxy) is 2. The number of benzene rings is 1. The monoisotopic (exact) mass is 227 g/mol. The Morgan fingerprint density at radius 1 is 1.27 bits per heavy atom. The highest BCUT2D eigenvalue weighted by atomic mass is 32.1. The number of rotatable bonds is 6. The lowest BCUT2D eigenvalue weighted by Gasteiger charge is -2.10. The highest BCUT2D eigenvalue weighted by molar-refractivity contribution is 7.80. The molecule has 0 aliphatic heterocycles. The second-order valence-electron chi connectivity index (χ2n) is 3.08. The Labute approximate surface area is 96.2 Å². The van der Waals surface area contributed by atoms with Crippen molar-refractivity contribution in [3.05, 3.63) is 23.8 Å². The fraction of sp³-hybridized carbons (Fsp3) is 0.455. The molecule has 4 heteroatoms. The van der Waals surface area contributed by atoms with Gasteiger partial charge >= 0.3 is 0 Å². The van der Waals surface area contributed by atoms with Gasteiger partial charge in [-0.3, -0.25) is 0 Å². The molecule has 0 spiro atoms. The molecule has 0 unspecified atom stereocenters. The van der Waals surface area contributed by atoms with Crippen LogP contribution in [0.4, 0.5) is 0 Å². The largest absolute Gasteiger partial charge is 0.497 e. The summed E-state index contributed by atoms with van der Waals surface area (Å²) >= 11 is 4.14. The van der Waals surface area contributed by atoms with Gasteiger partial charge in [0.1, 0.15) is 11.5 Å². The maximum atomic E-state index is 5.26. The molecule has 1 aromatic carbocycles. The molecule has 84 valence electrons. The van der Waals surface area contributed by atoms with Crippen molar-refractivity contribution in [2.75, 3.05) is 26.5 Å². The summed E-state index contributed by atoms with van der Waals surface area (Å²) in [5.74, 6) is 2.55. The summed E-state index contributed by atoms with van der Waals surface area (Å²) in [6, 6.07) is 5.78. The van der Waals surface area contributed by atoms with Crippen molar-refractivity contribution in [1.82, 2.24) is 5.32 Å². The van der Waals surface area contributed by atoms with E-state index in [0.717, 1.165) is 35.9 Å². The van der Waals surface area contributed by atoms with Crippen molar-refractivity contribution in [3.63, 3.8) is 0 Å². The summed E-state index contributed by atoms with van der Waals surface area (Å²) in [7, 11) is 3.33. The molecule has 1 aromatic rings. The Morgan fingerprint density at radius 3 is 2.67 bits per heavy atom. The minimum atomic E-state index is 0.765. The van der Waals surface area contributed by atoms with Gasteiger partial charge in [-0.05, 0) is 18.2 Å². The lowest BCUT2D eigenvalue weighted by Crippen LogP contribution is -2.16. The number of thiol groups is 1. The van der Waals surface area contributed by atoms with Gasteiger partial charge in [0.25, 0.3) is 0 Å². The van der Waals surface area contributed by atoms with E-state index in [0.29, 0.717) is 0 Å². The molecule has 1 N–H and O–H groups in total. The van der Waals surface area contributed by atoms with E-state index in [1.165, 1.54) is 0 Å². The first-order valence-electron chi connectivity index (χ1n) is 4.84. The Balaban J connectivity index is 2.72. The average Bonchev–Trinajstić information content (AvgIpc) is 2.29. The maximum absolute atomic E-state index is 5.26. The molecule has 0 saturated carbocycles. The quantitative estimate of drug-likeness (QED) is 0.573. The van der Waals surface area contributed by atoms with Gasteiger partial charge in [0, 0.05) is 24.4 Å². The third-order valence-corrected chi connectivity index (χ3v) is 2.32. The van der Waals surface area contributed by atoms with E-state index in [4.69, 9.17) is 9.47 Å². The van der Waals surface area contributed by atoms with Crippen LogP contribution in [0.3, 0.4) is 0 Å². The first-order chi connectivity index (χ1) is 7.31. The van der Waals surface area contributed by atoms with Crippen LogP contribution in [0.5, 0.6) is 11.5 Å². The maximum Gasteiger partial charge on any atom is 0.123 e. The van der Waals surface area contributed by atoms with Crippen molar-refractivity contribution in [1.29, 1.82) is 0 Å². The molecular weight excluding hydrogens is 210 g/mol. The molecule has 0 bridgehead atoms. The van der Waals surface area contributed by atoms with E-state index in [-0.39, 0.29) is 0 Å². The molecule has 0 heterocycles. The van der Waals surface area contributed by atoms with Crippen LogP contribution < -0.4 is 14.8 Å². The van der Waals surface area contributed by atoms with Crippen LogP contribution in [0.15, 0.2) is 18.2 Å². The summed E-state index contributed by atoms with van der Waals surface area (Å²) in [4.78, 5) is 0. The minimum Gasteiger partial charge on any atom is -0.497 e. The molecule has 0 aliphatic rings. The van der Waals surface area contributed by atoms with Gasteiger partial charge in [-0.2, -0.15) is 12.6 Å². The molecule has 15 heavy (non-hydrogen) atoms. The van der Waals surface area contributed by atoms with E-state index in [1.807, 2.05) is 18.2 Å². The first-order valence-corrected chi connectivity index (χ1v) is 5.47. The Hall–Kier alpha value is -0.870. The van der Waals surface area contributed by atoms with Crippen LogP contribution in [0.2, 0.25) is 0 Å². The minimum absolute atomic E-state index is 0.765. The molecule has 0 atom stereocenters. The van der Waals surface area contributed by atoms with Crippen LogP contribution in [0, 0.1) is 0 Å². The van der Waals surface area contributed by atoms with Crippen LogP contribution in [-0.2, 0) is 6.54 Å². The van der Waals surface area contributed by atoms with Crippen molar-refractivity contribution >= 4 is 12.6 Å². The second-order valence-corrected chi connectivity index (χ2v) is 3.53. The number of hydrogen-bond acceptors (Lipinski definition) is 4. The first kappa shape index (κ1) is 12.2. The van der Waals surface area contributed by atoms with E-state index >= 15 is 0 Å². The van der Waals surface area contributed by atoms with Crippen molar-refractivity contribution in [2.45, 2.75) is 6.54 Å². The van der Waals surface area contributed by atoms with E-state index in [2.05, 4.69) is 17.9 Å². The summed E-state index contributed by atoms with van der Waals surface area (Å²) < 4.78 is 10.4. The molecule has 0 amide bonds.